The minimum Gasteiger partial charge on any atom is -0.375 e. The summed E-state index contributed by atoms with van der Waals surface area (Å²) < 4.78 is 70.3. The first kappa shape index (κ1) is 24.7. The Hall–Kier alpha value is -2.37. The first-order valence-electron chi connectivity index (χ1n) is 11.2. The van der Waals surface area contributed by atoms with Gasteiger partial charge in [0, 0.05) is 6.54 Å². The first-order valence-corrected chi connectivity index (χ1v) is 13.5. The van der Waals surface area contributed by atoms with E-state index in [0.29, 0.717) is 20.9 Å². The Morgan fingerprint density at radius 2 is 1.85 bits per heavy atom. The van der Waals surface area contributed by atoms with Crippen molar-refractivity contribution in [2.45, 2.75) is 62.2 Å². The number of nitrogens with one attached hydrogen (secondary N) is 2. The quantitative estimate of drug-likeness (QED) is 0.361. The van der Waals surface area contributed by atoms with E-state index >= 15 is 0 Å². The zero-order chi connectivity index (χ0) is 24.3. The summed E-state index contributed by atoms with van der Waals surface area (Å²) in [5.74, 6) is 0.0531. The van der Waals surface area contributed by atoms with Crippen molar-refractivity contribution in [3.05, 3.63) is 48.0 Å². The molecule has 0 spiro atoms. The number of thiazole rings is 1. The number of rotatable bonds is 8. The molecule has 4 N–H and O–H groups in total. The number of fused-ring (bicyclic) bond motifs is 1. The maximum atomic E-state index is 13.7. The van der Waals surface area contributed by atoms with Gasteiger partial charge in [0.2, 0.25) is 0 Å². The molecule has 6 nitrogen and oxygen atoms in total. The van der Waals surface area contributed by atoms with Crippen molar-refractivity contribution in [2.75, 3.05) is 10.5 Å². The van der Waals surface area contributed by atoms with Crippen molar-refractivity contribution in [1.29, 1.82) is 0 Å². The summed E-state index contributed by atoms with van der Waals surface area (Å²) >= 11 is 1.18. The van der Waals surface area contributed by atoms with Crippen LogP contribution in [-0.2, 0) is 16.6 Å². The van der Waals surface area contributed by atoms with Crippen LogP contribution < -0.4 is 15.8 Å². The fraction of sp³-hybridized carbons (Fsp3) is 0.435. The summed E-state index contributed by atoms with van der Waals surface area (Å²) in [6.45, 7) is -0.111. The number of nitrogens with zero attached hydrogens (tertiary/aromatic N) is 1. The highest BCUT2D eigenvalue weighted by molar-refractivity contribution is 7.92. The highest BCUT2D eigenvalue weighted by atomic mass is 32.2. The molecule has 1 atom stereocenters. The lowest BCUT2D eigenvalue weighted by molar-refractivity contribution is -0.160. The number of nitrogen functional groups attached to an aromatic ring is 1. The molecule has 1 heterocycles. The van der Waals surface area contributed by atoms with Gasteiger partial charge in [-0.15, -0.1) is 0 Å². The molecule has 0 radical (unpaired) electrons. The summed E-state index contributed by atoms with van der Waals surface area (Å²) in [5.41, 5.74) is 6.97. The molecule has 0 aliphatic heterocycles. The lowest BCUT2D eigenvalue weighted by Gasteiger charge is -2.29. The standard InChI is InChI=1S/C23H27F3N4O2S2/c24-23(25,26)21(12-15-6-2-1-3-7-15)28-14-16-8-4-5-9-18(16)30-34(31,32)17-10-11-19-20(13-17)33-22(27)29-19/h4-5,8-11,13,15,21,28,30H,1-3,6-7,12,14H2,(H2,27,29). The fourth-order valence-electron chi connectivity index (χ4n) is 4.39. The molecule has 34 heavy (non-hydrogen) atoms. The van der Waals surface area contributed by atoms with Crippen molar-refractivity contribution in [3.63, 3.8) is 0 Å². The number of halogens is 3. The number of anilines is 2. The minimum absolute atomic E-state index is 0.0249. The molecular formula is C23H27F3N4O2S2. The number of hydrogen-bond donors (Lipinski definition) is 3. The molecule has 2 aromatic carbocycles. The van der Waals surface area contributed by atoms with E-state index in [4.69, 9.17) is 5.73 Å². The van der Waals surface area contributed by atoms with Crippen molar-refractivity contribution in [3.8, 4) is 0 Å². The van der Waals surface area contributed by atoms with Crippen LogP contribution in [0, 0.1) is 5.92 Å². The van der Waals surface area contributed by atoms with Gasteiger partial charge < -0.3 is 11.1 Å². The summed E-state index contributed by atoms with van der Waals surface area (Å²) in [7, 11) is -3.97. The Bertz CT molecular complexity index is 1240. The number of benzene rings is 2. The second-order valence-corrected chi connectivity index (χ2v) is 11.4. The zero-order valence-corrected chi connectivity index (χ0v) is 20.1. The average molecular weight is 513 g/mol. The molecule has 3 aromatic rings. The van der Waals surface area contributed by atoms with Crippen LogP contribution in [0.2, 0.25) is 0 Å². The number of aromatic nitrogens is 1. The molecule has 4 rings (SSSR count). The lowest BCUT2D eigenvalue weighted by atomic mass is 9.84. The second kappa shape index (κ2) is 10.1. The van der Waals surface area contributed by atoms with Crippen LogP contribution in [0.3, 0.4) is 0 Å². The van der Waals surface area contributed by atoms with Gasteiger partial charge in [0.25, 0.3) is 10.0 Å². The van der Waals surface area contributed by atoms with Gasteiger partial charge in [-0.1, -0.05) is 61.6 Å². The van der Waals surface area contributed by atoms with E-state index in [1.54, 1.807) is 30.3 Å². The molecule has 0 amide bonds. The molecule has 184 valence electrons. The third-order valence-electron chi connectivity index (χ3n) is 6.18. The normalized spacial score (nSPS) is 16.6. The summed E-state index contributed by atoms with van der Waals surface area (Å²) in [6.07, 6.45) is 0.324. The SMILES string of the molecule is Nc1nc2ccc(S(=O)(=O)Nc3ccccc3CNC(CC3CCCCC3)C(F)(F)F)cc2s1. The largest absolute Gasteiger partial charge is 0.403 e. The van der Waals surface area contributed by atoms with Gasteiger partial charge in [-0.25, -0.2) is 13.4 Å². The van der Waals surface area contributed by atoms with Crippen LogP contribution in [0.15, 0.2) is 47.4 Å². The van der Waals surface area contributed by atoms with Gasteiger partial charge in [-0.2, -0.15) is 13.2 Å². The van der Waals surface area contributed by atoms with E-state index < -0.39 is 22.2 Å². The lowest BCUT2D eigenvalue weighted by Crippen LogP contribution is -2.43. The van der Waals surface area contributed by atoms with Crippen LogP contribution in [-0.4, -0.2) is 25.6 Å². The van der Waals surface area contributed by atoms with Gasteiger partial charge in [0.05, 0.1) is 20.8 Å². The predicted octanol–water partition coefficient (Wildman–Crippen LogP) is 5.67. The van der Waals surface area contributed by atoms with Crippen LogP contribution in [0.4, 0.5) is 24.0 Å². The van der Waals surface area contributed by atoms with Crippen molar-refractivity contribution >= 4 is 42.4 Å². The number of para-hydroxylation sites is 1. The maximum Gasteiger partial charge on any atom is 0.403 e. The molecule has 1 fully saturated rings. The topological polar surface area (TPSA) is 97.1 Å². The molecule has 1 aromatic heterocycles. The van der Waals surface area contributed by atoms with E-state index in [-0.39, 0.29) is 29.5 Å². The molecule has 1 unspecified atom stereocenters. The monoisotopic (exact) mass is 512 g/mol. The van der Waals surface area contributed by atoms with E-state index in [1.165, 1.54) is 23.5 Å². The average Bonchev–Trinajstić information content (AvgIpc) is 3.16. The smallest absolute Gasteiger partial charge is 0.375 e. The van der Waals surface area contributed by atoms with Gasteiger partial charge in [-0.3, -0.25) is 4.72 Å². The minimum atomic E-state index is -4.38. The van der Waals surface area contributed by atoms with Crippen molar-refractivity contribution in [1.82, 2.24) is 10.3 Å². The number of nitrogens with two attached hydrogens (primary N) is 1. The van der Waals surface area contributed by atoms with E-state index in [2.05, 4.69) is 15.0 Å². The number of sulfonamides is 1. The zero-order valence-electron chi connectivity index (χ0n) is 18.4. The van der Waals surface area contributed by atoms with Gasteiger partial charge in [-0.05, 0) is 42.2 Å². The van der Waals surface area contributed by atoms with Crippen LogP contribution in [0.1, 0.15) is 44.1 Å². The molecule has 11 heteroatoms. The van der Waals surface area contributed by atoms with E-state index in [9.17, 15) is 21.6 Å². The Kier molecular flexibility index (Phi) is 7.34. The van der Waals surface area contributed by atoms with Crippen molar-refractivity contribution < 1.29 is 21.6 Å². The van der Waals surface area contributed by atoms with E-state index in [0.717, 1.165) is 32.1 Å². The molecule has 0 saturated heterocycles. The van der Waals surface area contributed by atoms with Gasteiger partial charge in [0.15, 0.2) is 5.13 Å². The Balaban J connectivity index is 1.50. The molecule has 1 saturated carbocycles. The Labute approximate surface area is 200 Å². The molecule has 1 aliphatic rings. The fourth-order valence-corrected chi connectivity index (χ4v) is 6.36. The summed E-state index contributed by atoms with van der Waals surface area (Å²) in [6, 6.07) is 9.31. The first-order chi connectivity index (χ1) is 16.1. The number of hydrogen-bond acceptors (Lipinski definition) is 6. The molecular weight excluding hydrogens is 485 g/mol. The second-order valence-electron chi connectivity index (χ2n) is 8.66. The molecule has 1 aliphatic carbocycles. The number of alkyl halides is 3. The summed E-state index contributed by atoms with van der Waals surface area (Å²) in [4.78, 5) is 4.14. The third-order valence-corrected chi connectivity index (χ3v) is 8.39. The van der Waals surface area contributed by atoms with Gasteiger partial charge >= 0.3 is 6.18 Å². The van der Waals surface area contributed by atoms with Gasteiger partial charge in [0.1, 0.15) is 6.04 Å². The van der Waals surface area contributed by atoms with Crippen molar-refractivity contribution in [2.24, 2.45) is 5.92 Å². The highest BCUT2D eigenvalue weighted by Gasteiger charge is 2.40. The Morgan fingerprint density at radius 3 is 2.59 bits per heavy atom. The van der Waals surface area contributed by atoms with Crippen LogP contribution >= 0.6 is 11.3 Å². The highest BCUT2D eigenvalue weighted by Crippen LogP contribution is 2.33. The van der Waals surface area contributed by atoms with Crippen LogP contribution in [0.5, 0.6) is 0 Å². The van der Waals surface area contributed by atoms with Crippen LogP contribution in [0.25, 0.3) is 10.2 Å². The maximum absolute atomic E-state index is 13.7. The Morgan fingerprint density at radius 1 is 1.12 bits per heavy atom. The van der Waals surface area contributed by atoms with E-state index in [1.807, 2.05) is 0 Å². The predicted molar refractivity (Wildman–Crippen MR) is 129 cm³/mol. The summed E-state index contributed by atoms with van der Waals surface area (Å²) in [5, 5.41) is 2.97. The molecule has 0 bridgehead atoms. The third kappa shape index (κ3) is 6.00.